The van der Waals surface area contributed by atoms with Crippen LogP contribution < -0.4 is 10.1 Å². The van der Waals surface area contributed by atoms with E-state index < -0.39 is 0 Å². The Kier molecular flexibility index (Phi) is 8.29. The lowest BCUT2D eigenvalue weighted by atomic mass is 9.99. The quantitative estimate of drug-likeness (QED) is 0.624. The van der Waals surface area contributed by atoms with Gasteiger partial charge in [0.15, 0.2) is 0 Å². The van der Waals surface area contributed by atoms with Crippen LogP contribution in [0, 0.1) is 0 Å². The molecule has 0 aliphatic carbocycles. The molecule has 5 nitrogen and oxygen atoms in total. The molecule has 0 spiro atoms. The van der Waals surface area contributed by atoms with Gasteiger partial charge in [0.2, 0.25) is 0 Å². The van der Waals surface area contributed by atoms with Gasteiger partial charge in [-0.2, -0.15) is 0 Å². The number of ether oxygens (including phenoxy) is 2. The van der Waals surface area contributed by atoms with E-state index in [0.717, 1.165) is 49.2 Å². The standard InChI is InChI=1S/C25H34N2O3/c1-19(2)27(22-11-7-14-26-18-22)25(28)21-12-13-23(20-9-5-4-6-10-20)24(17-21)30-16-8-15-29-3/h4-6,9-10,12-13,17,19,22,26H,7-8,11,14-16,18H2,1-3H3. The van der Waals surface area contributed by atoms with E-state index in [1.54, 1.807) is 7.11 Å². The molecule has 1 N–H and O–H groups in total. The summed E-state index contributed by atoms with van der Waals surface area (Å²) in [7, 11) is 1.69. The molecule has 1 aliphatic heterocycles. The minimum atomic E-state index is 0.0695. The lowest BCUT2D eigenvalue weighted by molar-refractivity contribution is 0.0573. The van der Waals surface area contributed by atoms with Crippen LogP contribution in [0.25, 0.3) is 11.1 Å². The number of nitrogens with one attached hydrogen (secondary N) is 1. The van der Waals surface area contributed by atoms with Crippen LogP contribution in [0.2, 0.25) is 0 Å². The van der Waals surface area contributed by atoms with E-state index in [0.29, 0.717) is 18.8 Å². The van der Waals surface area contributed by atoms with Gasteiger partial charge in [0.05, 0.1) is 6.61 Å². The van der Waals surface area contributed by atoms with Gasteiger partial charge in [0, 0.05) is 49.9 Å². The Hall–Kier alpha value is -2.37. The number of carbonyl (C=O) groups is 1. The third kappa shape index (κ3) is 5.61. The molecular weight excluding hydrogens is 376 g/mol. The maximum absolute atomic E-state index is 13.5. The number of benzene rings is 2. The van der Waals surface area contributed by atoms with E-state index in [1.165, 1.54) is 0 Å². The molecule has 1 aliphatic rings. The number of amides is 1. The molecule has 1 unspecified atom stereocenters. The Morgan fingerprint density at radius 1 is 1.17 bits per heavy atom. The Morgan fingerprint density at radius 2 is 1.97 bits per heavy atom. The van der Waals surface area contributed by atoms with Crippen LogP contribution in [0.3, 0.4) is 0 Å². The molecule has 0 bridgehead atoms. The highest BCUT2D eigenvalue weighted by molar-refractivity contribution is 5.96. The van der Waals surface area contributed by atoms with Crippen molar-refractivity contribution in [3.63, 3.8) is 0 Å². The molecule has 1 heterocycles. The second kappa shape index (κ2) is 11.1. The highest BCUT2D eigenvalue weighted by Crippen LogP contribution is 2.32. The molecule has 162 valence electrons. The van der Waals surface area contributed by atoms with Gasteiger partial charge in [-0.05, 0) is 57.0 Å². The van der Waals surface area contributed by atoms with E-state index in [-0.39, 0.29) is 18.0 Å². The smallest absolute Gasteiger partial charge is 0.254 e. The zero-order valence-electron chi connectivity index (χ0n) is 18.4. The van der Waals surface area contributed by atoms with Crippen molar-refractivity contribution in [3.05, 3.63) is 54.1 Å². The lowest BCUT2D eigenvalue weighted by Crippen LogP contribution is -2.51. The number of piperidine rings is 1. The van der Waals surface area contributed by atoms with Crippen molar-refractivity contribution in [2.24, 2.45) is 0 Å². The van der Waals surface area contributed by atoms with Crippen LogP contribution in [-0.4, -0.2) is 56.3 Å². The van der Waals surface area contributed by atoms with Gasteiger partial charge in [-0.25, -0.2) is 0 Å². The first-order valence-corrected chi connectivity index (χ1v) is 11.0. The number of methoxy groups -OCH3 is 1. The first-order chi connectivity index (χ1) is 14.6. The van der Waals surface area contributed by atoms with Gasteiger partial charge < -0.3 is 19.7 Å². The van der Waals surface area contributed by atoms with Crippen LogP contribution in [0.1, 0.15) is 43.5 Å². The van der Waals surface area contributed by atoms with Crippen LogP contribution in [0.4, 0.5) is 0 Å². The van der Waals surface area contributed by atoms with Crippen LogP contribution in [0.5, 0.6) is 5.75 Å². The van der Waals surface area contributed by atoms with Crippen molar-refractivity contribution in [2.75, 3.05) is 33.4 Å². The molecule has 30 heavy (non-hydrogen) atoms. The maximum atomic E-state index is 13.5. The van der Waals surface area contributed by atoms with Crippen molar-refractivity contribution in [3.8, 4) is 16.9 Å². The summed E-state index contributed by atoms with van der Waals surface area (Å²) in [5, 5.41) is 3.43. The molecule has 0 radical (unpaired) electrons. The van der Waals surface area contributed by atoms with Crippen molar-refractivity contribution >= 4 is 5.91 Å². The third-order valence-electron chi connectivity index (χ3n) is 5.52. The third-order valence-corrected chi connectivity index (χ3v) is 5.52. The fraction of sp³-hybridized carbons (Fsp3) is 0.480. The average Bonchev–Trinajstić information content (AvgIpc) is 2.78. The second-order valence-corrected chi connectivity index (χ2v) is 8.08. The van der Waals surface area contributed by atoms with Crippen molar-refractivity contribution in [2.45, 2.75) is 45.2 Å². The highest BCUT2D eigenvalue weighted by Gasteiger charge is 2.28. The highest BCUT2D eigenvalue weighted by atomic mass is 16.5. The van der Waals surface area contributed by atoms with Crippen LogP contribution in [-0.2, 0) is 4.74 Å². The van der Waals surface area contributed by atoms with E-state index in [1.807, 2.05) is 41.3 Å². The second-order valence-electron chi connectivity index (χ2n) is 8.08. The van der Waals surface area contributed by atoms with Gasteiger partial charge in [-0.3, -0.25) is 4.79 Å². The number of hydrogen-bond acceptors (Lipinski definition) is 4. The molecule has 0 saturated carbocycles. The fourth-order valence-electron chi connectivity index (χ4n) is 4.06. The number of rotatable bonds is 9. The van der Waals surface area contributed by atoms with Gasteiger partial charge in [0.1, 0.15) is 5.75 Å². The van der Waals surface area contributed by atoms with Crippen molar-refractivity contribution in [1.29, 1.82) is 0 Å². The minimum absolute atomic E-state index is 0.0695. The lowest BCUT2D eigenvalue weighted by Gasteiger charge is -2.37. The number of hydrogen-bond donors (Lipinski definition) is 1. The maximum Gasteiger partial charge on any atom is 0.254 e. The molecule has 1 saturated heterocycles. The summed E-state index contributed by atoms with van der Waals surface area (Å²) in [5.74, 6) is 0.814. The summed E-state index contributed by atoms with van der Waals surface area (Å²) >= 11 is 0. The Labute approximate surface area is 180 Å². The summed E-state index contributed by atoms with van der Waals surface area (Å²) in [5.41, 5.74) is 2.76. The predicted molar refractivity (Wildman–Crippen MR) is 121 cm³/mol. The first kappa shape index (κ1) is 22.3. The molecule has 2 aromatic rings. The zero-order valence-corrected chi connectivity index (χ0v) is 18.4. The first-order valence-electron chi connectivity index (χ1n) is 11.0. The van der Waals surface area contributed by atoms with E-state index in [4.69, 9.17) is 9.47 Å². The summed E-state index contributed by atoms with van der Waals surface area (Å²) in [6, 6.07) is 16.4. The van der Waals surface area contributed by atoms with Crippen molar-refractivity contribution < 1.29 is 14.3 Å². The van der Waals surface area contributed by atoms with Gasteiger partial charge in [0.25, 0.3) is 5.91 Å². The van der Waals surface area contributed by atoms with Gasteiger partial charge in [-0.15, -0.1) is 0 Å². The monoisotopic (exact) mass is 410 g/mol. The zero-order chi connectivity index (χ0) is 21.3. The number of nitrogens with zero attached hydrogens (tertiary/aromatic N) is 1. The average molecular weight is 411 g/mol. The van der Waals surface area contributed by atoms with Gasteiger partial charge in [-0.1, -0.05) is 30.3 Å². The van der Waals surface area contributed by atoms with E-state index >= 15 is 0 Å². The van der Waals surface area contributed by atoms with Crippen molar-refractivity contribution in [1.82, 2.24) is 10.2 Å². The summed E-state index contributed by atoms with van der Waals surface area (Å²) < 4.78 is 11.2. The molecule has 1 amide bonds. The summed E-state index contributed by atoms with van der Waals surface area (Å²) in [4.78, 5) is 15.5. The molecule has 3 rings (SSSR count). The largest absolute Gasteiger partial charge is 0.493 e. The molecule has 2 aromatic carbocycles. The Bertz CT molecular complexity index is 801. The molecular formula is C25H34N2O3. The summed E-state index contributed by atoms with van der Waals surface area (Å²) in [6.07, 6.45) is 2.94. The molecule has 0 aromatic heterocycles. The predicted octanol–water partition coefficient (Wildman–Crippen LogP) is 4.37. The van der Waals surface area contributed by atoms with E-state index in [2.05, 4.69) is 31.3 Å². The molecule has 5 heteroatoms. The summed E-state index contributed by atoms with van der Waals surface area (Å²) in [6.45, 7) is 7.26. The minimum Gasteiger partial charge on any atom is -0.493 e. The topological polar surface area (TPSA) is 50.8 Å². The number of carbonyl (C=O) groups excluding carboxylic acids is 1. The van der Waals surface area contributed by atoms with Gasteiger partial charge >= 0.3 is 0 Å². The molecule has 1 atom stereocenters. The van der Waals surface area contributed by atoms with Crippen LogP contribution in [0.15, 0.2) is 48.5 Å². The van der Waals surface area contributed by atoms with Crippen LogP contribution >= 0.6 is 0 Å². The van der Waals surface area contributed by atoms with E-state index in [9.17, 15) is 4.79 Å². The fourth-order valence-corrected chi connectivity index (χ4v) is 4.06. The normalized spacial score (nSPS) is 16.5. The molecule has 1 fully saturated rings. The Balaban J connectivity index is 1.88. The SMILES string of the molecule is COCCCOc1cc(C(=O)N(C(C)C)C2CCCNC2)ccc1-c1ccccc1. The Morgan fingerprint density at radius 3 is 2.63 bits per heavy atom.